The van der Waals surface area contributed by atoms with Crippen LogP contribution in [0, 0.1) is 21.4 Å². The molecule has 0 saturated carbocycles. The maximum atomic E-state index is 11.9. The van der Waals surface area contributed by atoms with Gasteiger partial charge in [-0.25, -0.2) is 0 Å². The third-order valence-electron chi connectivity index (χ3n) is 2.95. The molecule has 106 valence electrons. The Bertz CT molecular complexity index is 756. The Kier molecular flexibility index (Phi) is 3.71. The van der Waals surface area contributed by atoms with Crippen molar-refractivity contribution < 1.29 is 9.72 Å². The molecule has 0 radical (unpaired) electrons. The fourth-order valence-corrected chi connectivity index (χ4v) is 1.95. The van der Waals surface area contributed by atoms with E-state index in [1.807, 2.05) is 6.07 Å². The molecular formula is C14H12N4O3. The maximum Gasteiger partial charge on any atom is 0.294 e. The van der Waals surface area contributed by atoms with Crippen LogP contribution in [0.15, 0.2) is 36.5 Å². The van der Waals surface area contributed by atoms with E-state index in [2.05, 4.69) is 0 Å². The second-order valence-corrected chi connectivity index (χ2v) is 4.54. The minimum atomic E-state index is -0.567. The molecular weight excluding hydrogens is 272 g/mol. The molecule has 21 heavy (non-hydrogen) atoms. The Morgan fingerprint density at radius 2 is 2.10 bits per heavy atom. The third kappa shape index (κ3) is 2.60. The first-order valence-corrected chi connectivity index (χ1v) is 6.03. The van der Waals surface area contributed by atoms with Gasteiger partial charge in [0.05, 0.1) is 4.92 Å². The van der Waals surface area contributed by atoms with Gasteiger partial charge in [0.25, 0.3) is 11.6 Å². The predicted octanol–water partition coefficient (Wildman–Crippen LogP) is 1.96. The van der Waals surface area contributed by atoms with Crippen LogP contribution in [0.5, 0.6) is 0 Å². The maximum absolute atomic E-state index is 11.9. The highest BCUT2D eigenvalue weighted by molar-refractivity contribution is 5.95. The van der Waals surface area contributed by atoms with E-state index in [9.17, 15) is 14.9 Å². The monoisotopic (exact) mass is 284 g/mol. The largest absolute Gasteiger partial charge is 0.345 e. The van der Waals surface area contributed by atoms with Crippen molar-refractivity contribution in [2.45, 2.75) is 0 Å². The van der Waals surface area contributed by atoms with Gasteiger partial charge < -0.3 is 9.47 Å². The van der Waals surface area contributed by atoms with Gasteiger partial charge in [0.1, 0.15) is 17.5 Å². The van der Waals surface area contributed by atoms with E-state index in [0.717, 1.165) is 0 Å². The zero-order valence-electron chi connectivity index (χ0n) is 11.5. The molecule has 0 spiro atoms. The van der Waals surface area contributed by atoms with Crippen molar-refractivity contribution in [3.63, 3.8) is 0 Å². The fourth-order valence-electron chi connectivity index (χ4n) is 1.95. The zero-order chi connectivity index (χ0) is 15.6. The molecule has 0 N–H and O–H groups in total. The molecule has 0 aliphatic heterocycles. The van der Waals surface area contributed by atoms with E-state index in [0.29, 0.717) is 0 Å². The lowest BCUT2D eigenvalue weighted by Gasteiger charge is -2.11. The Balaban J connectivity index is 2.61. The predicted molar refractivity (Wildman–Crippen MR) is 75.2 cm³/mol. The molecule has 7 nitrogen and oxygen atoms in total. The van der Waals surface area contributed by atoms with Crippen LogP contribution < -0.4 is 0 Å². The minimum absolute atomic E-state index is 0.223. The van der Waals surface area contributed by atoms with Gasteiger partial charge >= 0.3 is 0 Å². The highest BCUT2D eigenvalue weighted by Gasteiger charge is 2.20. The van der Waals surface area contributed by atoms with Crippen LogP contribution in [0.1, 0.15) is 16.1 Å². The quantitative estimate of drug-likeness (QED) is 0.636. The number of carbonyl (C=O) groups is 1. The number of hydrogen-bond donors (Lipinski definition) is 0. The van der Waals surface area contributed by atoms with Gasteiger partial charge in [0.15, 0.2) is 0 Å². The number of nitro groups is 1. The Hall–Kier alpha value is -3.14. The Morgan fingerprint density at radius 1 is 1.38 bits per heavy atom. The van der Waals surface area contributed by atoms with E-state index in [1.54, 1.807) is 32.4 Å². The van der Waals surface area contributed by atoms with Crippen molar-refractivity contribution >= 4 is 11.6 Å². The third-order valence-corrected chi connectivity index (χ3v) is 2.95. The van der Waals surface area contributed by atoms with Crippen LogP contribution in [0.4, 0.5) is 5.69 Å². The van der Waals surface area contributed by atoms with Crippen molar-refractivity contribution in [1.82, 2.24) is 9.47 Å². The summed E-state index contributed by atoms with van der Waals surface area (Å²) >= 11 is 0. The van der Waals surface area contributed by atoms with Gasteiger partial charge in [-0.05, 0) is 24.3 Å². The number of carbonyl (C=O) groups excluding carboxylic acids is 1. The van der Waals surface area contributed by atoms with Crippen LogP contribution in [0.2, 0.25) is 0 Å². The molecule has 1 heterocycles. The molecule has 0 atom stereocenters. The first-order chi connectivity index (χ1) is 9.95. The molecule has 0 unspecified atom stereocenters. The van der Waals surface area contributed by atoms with Gasteiger partial charge in [0, 0.05) is 31.9 Å². The topological polar surface area (TPSA) is 92.2 Å². The summed E-state index contributed by atoms with van der Waals surface area (Å²) in [5, 5.41) is 20.3. The number of amides is 1. The van der Waals surface area contributed by atoms with Crippen LogP contribution >= 0.6 is 0 Å². The molecule has 1 aromatic carbocycles. The van der Waals surface area contributed by atoms with Crippen molar-refractivity contribution in [2.24, 2.45) is 0 Å². The average Bonchev–Trinajstić information content (AvgIpc) is 2.93. The fraction of sp³-hybridized carbons (Fsp3) is 0.143. The van der Waals surface area contributed by atoms with Crippen LogP contribution in [-0.2, 0) is 0 Å². The molecule has 0 saturated heterocycles. The molecule has 0 aliphatic carbocycles. The smallest absolute Gasteiger partial charge is 0.294 e. The van der Waals surface area contributed by atoms with Crippen molar-refractivity contribution in [2.75, 3.05) is 14.1 Å². The SMILES string of the molecule is CN(C)C(=O)c1ccc(-n2cccc2C#N)c([N+](=O)[O-])c1. The molecule has 0 fully saturated rings. The summed E-state index contributed by atoms with van der Waals surface area (Å²) in [5.74, 6) is -0.322. The summed E-state index contributed by atoms with van der Waals surface area (Å²) in [6.07, 6.45) is 1.56. The summed E-state index contributed by atoms with van der Waals surface area (Å²) in [7, 11) is 3.14. The lowest BCUT2D eigenvalue weighted by molar-refractivity contribution is -0.384. The van der Waals surface area contributed by atoms with Crippen LogP contribution in [0.25, 0.3) is 5.69 Å². The molecule has 1 amide bonds. The highest BCUT2D eigenvalue weighted by atomic mass is 16.6. The molecule has 2 aromatic rings. The molecule has 7 heteroatoms. The number of nitriles is 1. The van der Waals surface area contributed by atoms with E-state index in [4.69, 9.17) is 5.26 Å². The Labute approximate surface area is 120 Å². The molecule has 2 rings (SSSR count). The standard InChI is InChI=1S/C14H12N4O3/c1-16(2)14(19)10-5-6-12(13(8-10)18(20)21)17-7-3-4-11(17)9-15/h3-8H,1-2H3. The number of aromatic nitrogens is 1. The number of benzene rings is 1. The number of nitro benzene ring substituents is 1. The highest BCUT2D eigenvalue weighted by Crippen LogP contribution is 2.26. The van der Waals surface area contributed by atoms with Crippen molar-refractivity contribution in [3.8, 4) is 11.8 Å². The van der Waals surface area contributed by atoms with Crippen LogP contribution in [0.3, 0.4) is 0 Å². The normalized spacial score (nSPS) is 9.95. The van der Waals surface area contributed by atoms with Gasteiger partial charge in [-0.2, -0.15) is 5.26 Å². The zero-order valence-corrected chi connectivity index (χ0v) is 11.5. The molecule has 0 aliphatic rings. The molecule has 1 aromatic heterocycles. The van der Waals surface area contributed by atoms with E-state index in [1.165, 1.54) is 27.7 Å². The summed E-state index contributed by atoms with van der Waals surface area (Å²) in [4.78, 5) is 23.9. The average molecular weight is 284 g/mol. The number of hydrogen-bond acceptors (Lipinski definition) is 4. The second-order valence-electron chi connectivity index (χ2n) is 4.54. The molecule has 0 bridgehead atoms. The lowest BCUT2D eigenvalue weighted by Crippen LogP contribution is -2.21. The number of nitrogens with zero attached hydrogens (tertiary/aromatic N) is 4. The lowest BCUT2D eigenvalue weighted by atomic mass is 10.1. The minimum Gasteiger partial charge on any atom is -0.345 e. The Morgan fingerprint density at radius 3 is 2.67 bits per heavy atom. The first-order valence-electron chi connectivity index (χ1n) is 6.03. The first kappa shape index (κ1) is 14.3. The van der Waals surface area contributed by atoms with E-state index >= 15 is 0 Å². The van der Waals surface area contributed by atoms with Crippen LogP contribution in [-0.4, -0.2) is 34.4 Å². The van der Waals surface area contributed by atoms with Gasteiger partial charge in [-0.1, -0.05) is 0 Å². The second kappa shape index (κ2) is 5.46. The van der Waals surface area contributed by atoms with Gasteiger partial charge in [-0.15, -0.1) is 0 Å². The van der Waals surface area contributed by atoms with Gasteiger partial charge in [0.2, 0.25) is 0 Å². The summed E-state index contributed by atoms with van der Waals surface area (Å²) in [6, 6.07) is 9.34. The summed E-state index contributed by atoms with van der Waals surface area (Å²) in [5.41, 5.74) is 0.526. The summed E-state index contributed by atoms with van der Waals surface area (Å²) < 4.78 is 1.42. The van der Waals surface area contributed by atoms with E-state index < -0.39 is 4.92 Å². The summed E-state index contributed by atoms with van der Waals surface area (Å²) in [6.45, 7) is 0. The van der Waals surface area contributed by atoms with Crippen molar-refractivity contribution in [1.29, 1.82) is 5.26 Å². The van der Waals surface area contributed by atoms with Crippen molar-refractivity contribution in [3.05, 3.63) is 57.9 Å². The number of rotatable bonds is 3. The van der Waals surface area contributed by atoms with Gasteiger partial charge in [-0.3, -0.25) is 14.9 Å². The van der Waals surface area contributed by atoms with E-state index in [-0.39, 0.29) is 28.5 Å².